The molecule has 1 aliphatic heterocycles. The summed E-state index contributed by atoms with van der Waals surface area (Å²) in [6.07, 6.45) is 3.86. The Hall–Kier alpha value is -3.54. The predicted octanol–water partition coefficient (Wildman–Crippen LogP) is 3.99. The Morgan fingerprint density at radius 3 is 2.48 bits per heavy atom. The number of nitrogens with one attached hydrogen (secondary N) is 1. The summed E-state index contributed by atoms with van der Waals surface area (Å²) in [6.45, 7) is 3.20. The minimum atomic E-state index is -0.224. The molecule has 1 fully saturated rings. The summed E-state index contributed by atoms with van der Waals surface area (Å²) in [6, 6.07) is 19.1. The monoisotopic (exact) mass is 414 g/mol. The number of para-hydroxylation sites is 1. The maximum absolute atomic E-state index is 12.8. The molecular formula is C25H26N4O2. The number of anilines is 1. The molecule has 158 valence electrons. The van der Waals surface area contributed by atoms with Crippen LogP contribution in [0.2, 0.25) is 0 Å². The van der Waals surface area contributed by atoms with E-state index in [-0.39, 0.29) is 17.7 Å². The zero-order chi connectivity index (χ0) is 21.6. The molecular weight excluding hydrogens is 388 g/mol. The van der Waals surface area contributed by atoms with E-state index in [9.17, 15) is 9.59 Å². The number of amides is 2. The number of benzene rings is 2. The highest BCUT2D eigenvalue weighted by molar-refractivity contribution is 6.04. The van der Waals surface area contributed by atoms with Crippen LogP contribution in [0.25, 0.3) is 0 Å². The number of hydrogen-bond donors (Lipinski definition) is 1. The van der Waals surface area contributed by atoms with Crippen molar-refractivity contribution in [1.29, 1.82) is 0 Å². The maximum atomic E-state index is 12.8. The molecule has 0 bridgehead atoms. The van der Waals surface area contributed by atoms with Crippen LogP contribution in [-0.2, 0) is 11.2 Å². The Bertz CT molecular complexity index is 1050. The molecule has 1 saturated heterocycles. The Kier molecular flexibility index (Phi) is 6.36. The van der Waals surface area contributed by atoms with Crippen LogP contribution >= 0.6 is 0 Å². The fourth-order valence-electron chi connectivity index (χ4n) is 3.92. The van der Waals surface area contributed by atoms with Gasteiger partial charge in [0.05, 0.1) is 17.7 Å². The third kappa shape index (κ3) is 5.15. The fraction of sp³-hybridized carbons (Fsp3) is 0.280. The highest BCUT2D eigenvalue weighted by Gasteiger charge is 2.27. The van der Waals surface area contributed by atoms with Crippen molar-refractivity contribution in [2.24, 2.45) is 0 Å². The second-order valence-corrected chi connectivity index (χ2v) is 7.89. The van der Waals surface area contributed by atoms with E-state index in [0.717, 1.165) is 30.6 Å². The predicted molar refractivity (Wildman–Crippen MR) is 120 cm³/mol. The van der Waals surface area contributed by atoms with Gasteiger partial charge in [-0.05, 0) is 37.5 Å². The molecule has 1 N–H and O–H groups in total. The van der Waals surface area contributed by atoms with Gasteiger partial charge in [0.25, 0.3) is 5.91 Å². The average molecular weight is 415 g/mol. The summed E-state index contributed by atoms with van der Waals surface area (Å²) < 4.78 is 0. The number of likely N-dealkylation sites (tertiary alicyclic amines) is 1. The molecule has 0 saturated carbocycles. The van der Waals surface area contributed by atoms with Gasteiger partial charge < -0.3 is 10.2 Å². The molecule has 31 heavy (non-hydrogen) atoms. The molecule has 3 aromatic rings. The highest BCUT2D eigenvalue weighted by Crippen LogP contribution is 2.25. The maximum Gasteiger partial charge on any atom is 0.259 e. The van der Waals surface area contributed by atoms with Crippen molar-refractivity contribution >= 4 is 17.5 Å². The zero-order valence-corrected chi connectivity index (χ0v) is 17.6. The van der Waals surface area contributed by atoms with E-state index in [1.54, 1.807) is 6.20 Å². The standard InChI is InChI=1S/C25H26N4O2/c1-18-22(25(31)28-21-12-6-3-7-13-21)16-26-24(27-18)20-11-8-14-29(17-20)23(30)15-19-9-4-2-5-10-19/h2-7,9-10,12-13,16,20H,8,11,14-15,17H2,1H3,(H,28,31). The SMILES string of the molecule is Cc1nc(C2CCCN(C(=O)Cc3ccccc3)C2)ncc1C(=O)Nc1ccccc1. The summed E-state index contributed by atoms with van der Waals surface area (Å²) in [5.74, 6) is 0.689. The van der Waals surface area contributed by atoms with Crippen LogP contribution in [0.1, 0.15) is 46.2 Å². The van der Waals surface area contributed by atoms with Crippen molar-refractivity contribution < 1.29 is 9.59 Å². The smallest absolute Gasteiger partial charge is 0.259 e. The van der Waals surface area contributed by atoms with Crippen LogP contribution in [0.3, 0.4) is 0 Å². The van der Waals surface area contributed by atoms with E-state index in [4.69, 9.17) is 0 Å². The van der Waals surface area contributed by atoms with Crippen LogP contribution in [0.4, 0.5) is 5.69 Å². The Morgan fingerprint density at radius 2 is 1.77 bits per heavy atom. The molecule has 0 radical (unpaired) electrons. The first-order valence-electron chi connectivity index (χ1n) is 10.6. The van der Waals surface area contributed by atoms with Crippen LogP contribution < -0.4 is 5.32 Å². The number of carbonyl (C=O) groups is 2. The van der Waals surface area contributed by atoms with Gasteiger partial charge in [-0.2, -0.15) is 0 Å². The number of aryl methyl sites for hydroxylation is 1. The average Bonchev–Trinajstić information content (AvgIpc) is 2.80. The van der Waals surface area contributed by atoms with Gasteiger partial charge in [0.1, 0.15) is 5.82 Å². The summed E-state index contributed by atoms with van der Waals surface area (Å²) >= 11 is 0. The van der Waals surface area contributed by atoms with E-state index in [1.807, 2.05) is 72.5 Å². The number of aromatic nitrogens is 2. The van der Waals surface area contributed by atoms with Crippen LogP contribution in [0.15, 0.2) is 66.9 Å². The van der Waals surface area contributed by atoms with Crippen molar-refractivity contribution in [2.45, 2.75) is 32.1 Å². The molecule has 2 heterocycles. The van der Waals surface area contributed by atoms with Gasteiger partial charge in [-0.25, -0.2) is 9.97 Å². The molecule has 4 rings (SSSR count). The number of piperidine rings is 1. The third-order valence-electron chi connectivity index (χ3n) is 5.61. The minimum absolute atomic E-state index is 0.0819. The van der Waals surface area contributed by atoms with Crippen molar-refractivity contribution in [3.63, 3.8) is 0 Å². The molecule has 0 spiro atoms. The van der Waals surface area contributed by atoms with Gasteiger partial charge >= 0.3 is 0 Å². The summed E-state index contributed by atoms with van der Waals surface area (Å²) in [7, 11) is 0. The van der Waals surface area contributed by atoms with Crippen LogP contribution in [0.5, 0.6) is 0 Å². The first-order chi connectivity index (χ1) is 15.1. The molecule has 1 unspecified atom stereocenters. The molecule has 6 heteroatoms. The van der Waals surface area contributed by atoms with Crippen molar-refractivity contribution in [3.05, 3.63) is 89.5 Å². The van der Waals surface area contributed by atoms with Gasteiger partial charge in [-0.3, -0.25) is 9.59 Å². The number of nitrogens with zero attached hydrogens (tertiary/aromatic N) is 3. The Morgan fingerprint density at radius 1 is 1.06 bits per heavy atom. The molecule has 0 aliphatic carbocycles. The van der Waals surface area contributed by atoms with Crippen LogP contribution in [-0.4, -0.2) is 39.8 Å². The normalized spacial score (nSPS) is 16.0. The minimum Gasteiger partial charge on any atom is -0.342 e. The highest BCUT2D eigenvalue weighted by atomic mass is 16.2. The van der Waals surface area contributed by atoms with Gasteiger partial charge in [-0.1, -0.05) is 48.5 Å². The van der Waals surface area contributed by atoms with Gasteiger partial charge in [-0.15, -0.1) is 0 Å². The fourth-order valence-corrected chi connectivity index (χ4v) is 3.92. The quantitative estimate of drug-likeness (QED) is 0.685. The Balaban J connectivity index is 1.42. The molecule has 2 amide bonds. The van der Waals surface area contributed by atoms with Crippen LogP contribution in [0, 0.1) is 6.92 Å². The van der Waals surface area contributed by atoms with E-state index in [2.05, 4.69) is 15.3 Å². The molecule has 1 aromatic heterocycles. The van der Waals surface area contributed by atoms with Crippen molar-refractivity contribution in [1.82, 2.24) is 14.9 Å². The summed E-state index contributed by atoms with van der Waals surface area (Å²) in [4.78, 5) is 36.4. The second kappa shape index (κ2) is 9.51. The number of hydrogen-bond acceptors (Lipinski definition) is 4. The van der Waals surface area contributed by atoms with Gasteiger partial charge in [0.15, 0.2) is 0 Å². The topological polar surface area (TPSA) is 75.2 Å². The largest absolute Gasteiger partial charge is 0.342 e. The number of carbonyl (C=O) groups excluding carboxylic acids is 2. The van der Waals surface area contributed by atoms with E-state index >= 15 is 0 Å². The van der Waals surface area contributed by atoms with E-state index in [1.165, 1.54) is 0 Å². The molecule has 1 aliphatic rings. The summed E-state index contributed by atoms with van der Waals surface area (Å²) in [5.41, 5.74) is 2.86. The summed E-state index contributed by atoms with van der Waals surface area (Å²) in [5, 5.41) is 2.87. The van der Waals surface area contributed by atoms with Gasteiger partial charge in [0.2, 0.25) is 5.91 Å². The molecule has 2 aromatic carbocycles. The second-order valence-electron chi connectivity index (χ2n) is 7.89. The number of rotatable bonds is 5. The molecule has 6 nitrogen and oxygen atoms in total. The van der Waals surface area contributed by atoms with Crippen molar-refractivity contribution in [3.8, 4) is 0 Å². The first kappa shape index (κ1) is 20.7. The zero-order valence-electron chi connectivity index (χ0n) is 17.6. The Labute approximate surface area is 182 Å². The van der Waals surface area contributed by atoms with Gasteiger partial charge in [0, 0.05) is 30.9 Å². The van der Waals surface area contributed by atoms with E-state index in [0.29, 0.717) is 30.0 Å². The van der Waals surface area contributed by atoms with Crippen molar-refractivity contribution in [2.75, 3.05) is 18.4 Å². The lowest BCUT2D eigenvalue weighted by molar-refractivity contribution is -0.131. The lowest BCUT2D eigenvalue weighted by atomic mass is 9.96. The lowest BCUT2D eigenvalue weighted by Crippen LogP contribution is -2.40. The lowest BCUT2D eigenvalue weighted by Gasteiger charge is -2.32. The third-order valence-corrected chi connectivity index (χ3v) is 5.61. The molecule has 1 atom stereocenters. The first-order valence-corrected chi connectivity index (χ1v) is 10.6. The van der Waals surface area contributed by atoms with E-state index < -0.39 is 0 Å².